The number of alkyl halides is 3. The van der Waals surface area contributed by atoms with E-state index in [1.807, 2.05) is 4.90 Å². The lowest BCUT2D eigenvalue weighted by Crippen LogP contribution is -2.52. The van der Waals surface area contributed by atoms with E-state index in [0.29, 0.717) is 39.0 Å². The van der Waals surface area contributed by atoms with Gasteiger partial charge in [0.15, 0.2) is 0 Å². The molecule has 0 spiro atoms. The van der Waals surface area contributed by atoms with Crippen LogP contribution in [-0.2, 0) is 15.8 Å². The van der Waals surface area contributed by atoms with Crippen molar-refractivity contribution < 1.29 is 27.6 Å². The number of primary amides is 1. The minimum absolute atomic E-state index is 0.0555. The second kappa shape index (κ2) is 9.03. The summed E-state index contributed by atoms with van der Waals surface area (Å²) >= 11 is 0. The van der Waals surface area contributed by atoms with Gasteiger partial charge < -0.3 is 15.5 Å². The average Bonchev–Trinajstić information content (AvgIpc) is 2.73. The maximum absolute atomic E-state index is 13.2. The number of hydrogen-bond donors (Lipinski definition) is 1. The van der Waals surface area contributed by atoms with Crippen LogP contribution in [0.3, 0.4) is 0 Å². The first-order valence-corrected chi connectivity index (χ1v) is 9.91. The molecule has 3 rings (SSSR count). The topological polar surface area (TPSA) is 86.9 Å². The summed E-state index contributed by atoms with van der Waals surface area (Å²) in [7, 11) is 0. The van der Waals surface area contributed by atoms with Crippen LogP contribution in [0, 0.1) is 5.92 Å². The summed E-state index contributed by atoms with van der Waals surface area (Å²) in [6.07, 6.45) is -3.48. The Morgan fingerprint density at radius 1 is 0.933 bits per heavy atom. The van der Waals surface area contributed by atoms with Gasteiger partial charge in [-0.15, -0.1) is 0 Å². The highest BCUT2D eigenvalue weighted by Crippen LogP contribution is 2.32. The summed E-state index contributed by atoms with van der Waals surface area (Å²) in [5, 5.41) is 0. The summed E-state index contributed by atoms with van der Waals surface area (Å²) in [6.45, 7) is 2.47. The Morgan fingerprint density at radius 2 is 1.53 bits per heavy atom. The van der Waals surface area contributed by atoms with E-state index >= 15 is 0 Å². The molecule has 2 aliphatic heterocycles. The largest absolute Gasteiger partial charge is 0.417 e. The third kappa shape index (κ3) is 5.10. The number of piperazine rings is 1. The predicted octanol–water partition coefficient (Wildman–Crippen LogP) is 1.19. The number of halogens is 3. The van der Waals surface area contributed by atoms with Crippen molar-refractivity contribution in [1.29, 1.82) is 0 Å². The van der Waals surface area contributed by atoms with Gasteiger partial charge in [0.05, 0.1) is 17.7 Å². The van der Waals surface area contributed by atoms with Crippen molar-refractivity contribution in [3.8, 4) is 0 Å². The normalized spacial score (nSPS) is 19.0. The molecule has 0 aliphatic carbocycles. The number of carbonyl (C=O) groups excluding carboxylic acids is 3. The monoisotopic (exact) mass is 426 g/mol. The molecule has 0 radical (unpaired) electrons. The summed E-state index contributed by atoms with van der Waals surface area (Å²) in [5.74, 6) is -1.24. The number of hydrogen-bond acceptors (Lipinski definition) is 4. The lowest BCUT2D eigenvalue weighted by atomic mass is 9.96. The fourth-order valence-electron chi connectivity index (χ4n) is 3.90. The molecule has 0 unspecified atom stereocenters. The first-order valence-electron chi connectivity index (χ1n) is 9.91. The fraction of sp³-hybridized carbons (Fsp3) is 0.550. The van der Waals surface area contributed by atoms with Crippen LogP contribution in [0.4, 0.5) is 13.2 Å². The molecule has 0 saturated carbocycles. The number of nitrogens with two attached hydrogens (primary N) is 1. The maximum Gasteiger partial charge on any atom is 0.417 e. The Balaban J connectivity index is 1.51. The van der Waals surface area contributed by atoms with E-state index in [1.165, 1.54) is 23.1 Å². The number of likely N-dealkylation sites (tertiary alicyclic amines) is 1. The molecule has 30 heavy (non-hydrogen) atoms. The molecule has 0 atom stereocenters. The molecular weight excluding hydrogens is 401 g/mol. The summed E-state index contributed by atoms with van der Waals surface area (Å²) in [6, 6.07) is 4.77. The van der Waals surface area contributed by atoms with Crippen LogP contribution in [0.2, 0.25) is 0 Å². The van der Waals surface area contributed by atoms with Gasteiger partial charge in [-0.2, -0.15) is 13.2 Å². The molecule has 7 nitrogen and oxygen atoms in total. The third-order valence-electron chi connectivity index (χ3n) is 5.73. The van der Waals surface area contributed by atoms with Crippen molar-refractivity contribution in [3.63, 3.8) is 0 Å². The minimum atomic E-state index is -4.59. The molecule has 2 heterocycles. The smallest absolute Gasteiger partial charge is 0.369 e. The molecule has 0 bridgehead atoms. The highest BCUT2D eigenvalue weighted by Gasteiger charge is 2.36. The summed E-state index contributed by atoms with van der Waals surface area (Å²) in [5.41, 5.74) is 4.01. The van der Waals surface area contributed by atoms with E-state index in [9.17, 15) is 27.6 Å². The SMILES string of the molecule is NC(=O)C1CCN(C(=O)CN2CCN(C(=O)c3ccccc3C(F)(F)F)CC2)CC1. The van der Waals surface area contributed by atoms with Crippen LogP contribution >= 0.6 is 0 Å². The molecule has 2 N–H and O–H groups in total. The maximum atomic E-state index is 13.2. The summed E-state index contributed by atoms with van der Waals surface area (Å²) in [4.78, 5) is 41.3. The number of nitrogens with zero attached hydrogens (tertiary/aromatic N) is 3. The van der Waals surface area contributed by atoms with Crippen molar-refractivity contribution in [1.82, 2.24) is 14.7 Å². The van der Waals surface area contributed by atoms with E-state index in [4.69, 9.17) is 5.73 Å². The van der Waals surface area contributed by atoms with E-state index in [-0.39, 0.29) is 42.9 Å². The van der Waals surface area contributed by atoms with Gasteiger partial charge in [-0.3, -0.25) is 19.3 Å². The summed E-state index contributed by atoms with van der Waals surface area (Å²) < 4.78 is 39.5. The fourth-order valence-corrected chi connectivity index (χ4v) is 3.90. The molecular formula is C20H25F3N4O3. The Hall–Kier alpha value is -2.62. The number of benzene rings is 1. The third-order valence-corrected chi connectivity index (χ3v) is 5.73. The molecule has 164 valence electrons. The minimum Gasteiger partial charge on any atom is -0.369 e. The van der Waals surface area contributed by atoms with Gasteiger partial charge in [0.25, 0.3) is 5.91 Å². The molecule has 2 aliphatic rings. The first kappa shape index (κ1) is 22.1. The lowest BCUT2D eigenvalue weighted by Gasteiger charge is -2.37. The average molecular weight is 426 g/mol. The van der Waals surface area contributed by atoms with Gasteiger partial charge in [-0.1, -0.05) is 12.1 Å². The van der Waals surface area contributed by atoms with Gasteiger partial charge in [-0.05, 0) is 25.0 Å². The zero-order valence-electron chi connectivity index (χ0n) is 16.5. The second-order valence-electron chi connectivity index (χ2n) is 7.67. The highest BCUT2D eigenvalue weighted by molar-refractivity contribution is 5.96. The van der Waals surface area contributed by atoms with Crippen LogP contribution in [0.5, 0.6) is 0 Å². The molecule has 1 aromatic carbocycles. The Morgan fingerprint density at radius 3 is 2.10 bits per heavy atom. The van der Waals surface area contributed by atoms with Crippen molar-refractivity contribution in [2.24, 2.45) is 11.7 Å². The quantitative estimate of drug-likeness (QED) is 0.784. The van der Waals surface area contributed by atoms with Crippen molar-refractivity contribution in [3.05, 3.63) is 35.4 Å². The Kier molecular flexibility index (Phi) is 6.64. The van der Waals surface area contributed by atoms with E-state index in [2.05, 4.69) is 0 Å². The van der Waals surface area contributed by atoms with Crippen LogP contribution in [0.1, 0.15) is 28.8 Å². The number of piperidine rings is 1. The molecule has 2 fully saturated rings. The lowest BCUT2D eigenvalue weighted by molar-refractivity contribution is -0.138. The van der Waals surface area contributed by atoms with Gasteiger partial charge in [0.1, 0.15) is 0 Å². The van der Waals surface area contributed by atoms with Crippen molar-refractivity contribution in [2.45, 2.75) is 19.0 Å². The molecule has 10 heteroatoms. The van der Waals surface area contributed by atoms with Gasteiger partial charge in [0.2, 0.25) is 11.8 Å². The van der Waals surface area contributed by atoms with Crippen LogP contribution < -0.4 is 5.73 Å². The molecule has 2 saturated heterocycles. The number of rotatable bonds is 4. The van der Waals surface area contributed by atoms with Crippen LogP contribution in [0.15, 0.2) is 24.3 Å². The van der Waals surface area contributed by atoms with E-state index in [0.717, 1.165) is 6.07 Å². The molecule has 3 amide bonds. The standard InChI is InChI=1S/C20H25F3N4O3/c21-20(22,23)16-4-2-1-3-15(16)19(30)27-11-9-25(10-12-27)13-17(28)26-7-5-14(6-8-26)18(24)29/h1-4,14H,5-13H2,(H2,24,29). The zero-order chi connectivity index (χ0) is 21.9. The van der Waals surface area contributed by atoms with Gasteiger partial charge >= 0.3 is 6.18 Å². The molecule has 0 aromatic heterocycles. The van der Waals surface area contributed by atoms with Crippen molar-refractivity contribution >= 4 is 17.7 Å². The second-order valence-corrected chi connectivity index (χ2v) is 7.67. The van der Waals surface area contributed by atoms with Crippen LogP contribution in [0.25, 0.3) is 0 Å². The van der Waals surface area contributed by atoms with Gasteiger partial charge in [-0.25, -0.2) is 0 Å². The molecule has 1 aromatic rings. The van der Waals surface area contributed by atoms with Gasteiger partial charge in [0, 0.05) is 45.2 Å². The highest BCUT2D eigenvalue weighted by atomic mass is 19.4. The van der Waals surface area contributed by atoms with Crippen LogP contribution in [-0.4, -0.2) is 78.2 Å². The Labute approximate surface area is 172 Å². The van der Waals surface area contributed by atoms with E-state index < -0.39 is 17.6 Å². The van der Waals surface area contributed by atoms with E-state index in [1.54, 1.807) is 4.90 Å². The first-order chi connectivity index (χ1) is 14.2. The number of amides is 3. The predicted molar refractivity (Wildman–Crippen MR) is 102 cm³/mol. The van der Waals surface area contributed by atoms with Crippen molar-refractivity contribution in [2.75, 3.05) is 45.8 Å². The zero-order valence-corrected chi connectivity index (χ0v) is 16.5. The Bertz CT molecular complexity index is 799. The number of carbonyl (C=O) groups is 3.